The summed E-state index contributed by atoms with van der Waals surface area (Å²) >= 11 is 0. The molecule has 1 amide bonds. The third-order valence-corrected chi connectivity index (χ3v) is 4.34. The lowest BCUT2D eigenvalue weighted by Crippen LogP contribution is -2.48. The predicted octanol–water partition coefficient (Wildman–Crippen LogP) is 0.804. The van der Waals surface area contributed by atoms with Gasteiger partial charge in [0.05, 0.1) is 12.7 Å². The minimum atomic E-state index is -0.338. The van der Waals surface area contributed by atoms with Crippen LogP contribution < -0.4 is 4.90 Å². The largest absolute Gasteiger partial charge is 0.465 e. The molecular formula is C17H21N5O3. The van der Waals surface area contributed by atoms with Gasteiger partial charge >= 0.3 is 5.97 Å². The molecule has 1 aliphatic heterocycles. The van der Waals surface area contributed by atoms with Crippen molar-refractivity contribution in [2.75, 3.05) is 38.2 Å². The van der Waals surface area contributed by atoms with Gasteiger partial charge in [-0.15, -0.1) is 10.2 Å². The van der Waals surface area contributed by atoms with E-state index >= 15 is 0 Å². The molecule has 0 atom stereocenters. The van der Waals surface area contributed by atoms with Gasteiger partial charge in [-0.25, -0.2) is 4.79 Å². The van der Waals surface area contributed by atoms with Crippen LogP contribution in [0.3, 0.4) is 0 Å². The van der Waals surface area contributed by atoms with E-state index in [9.17, 15) is 9.59 Å². The minimum Gasteiger partial charge on any atom is -0.465 e. The van der Waals surface area contributed by atoms with Crippen molar-refractivity contribution < 1.29 is 14.3 Å². The first-order chi connectivity index (χ1) is 12.2. The van der Waals surface area contributed by atoms with Crippen LogP contribution in [0, 0.1) is 0 Å². The Kier molecular flexibility index (Phi) is 5.27. The number of rotatable bonds is 5. The maximum Gasteiger partial charge on any atom is 0.337 e. The van der Waals surface area contributed by atoms with Gasteiger partial charge in [0.1, 0.15) is 12.7 Å². The zero-order chi connectivity index (χ0) is 17.6. The van der Waals surface area contributed by atoms with Crippen LogP contribution >= 0.6 is 0 Å². The van der Waals surface area contributed by atoms with Crippen LogP contribution in [0.25, 0.3) is 0 Å². The smallest absolute Gasteiger partial charge is 0.337 e. The Morgan fingerprint density at radius 3 is 2.28 bits per heavy atom. The third kappa shape index (κ3) is 4.14. The minimum absolute atomic E-state index is 0.148. The van der Waals surface area contributed by atoms with Crippen LogP contribution in [-0.2, 0) is 16.1 Å². The van der Waals surface area contributed by atoms with Crippen molar-refractivity contribution in [3.8, 4) is 0 Å². The topological polar surface area (TPSA) is 80.6 Å². The van der Waals surface area contributed by atoms with E-state index in [0.29, 0.717) is 31.6 Å². The predicted molar refractivity (Wildman–Crippen MR) is 91.2 cm³/mol. The Hall–Kier alpha value is -2.90. The maximum atomic E-state index is 12.3. The molecule has 1 aromatic heterocycles. The normalized spacial score (nSPS) is 14.4. The van der Waals surface area contributed by atoms with Gasteiger partial charge in [-0.05, 0) is 24.3 Å². The van der Waals surface area contributed by atoms with E-state index in [1.54, 1.807) is 29.4 Å². The number of carbonyl (C=O) groups is 2. The Morgan fingerprint density at radius 2 is 1.68 bits per heavy atom. The summed E-state index contributed by atoms with van der Waals surface area (Å²) in [5, 5.41) is 7.46. The molecule has 25 heavy (non-hydrogen) atoms. The van der Waals surface area contributed by atoms with Crippen molar-refractivity contribution in [2.45, 2.75) is 13.0 Å². The molecule has 8 heteroatoms. The Balaban J connectivity index is 1.49. The second kappa shape index (κ2) is 7.78. The van der Waals surface area contributed by atoms with Crippen LogP contribution in [0.2, 0.25) is 0 Å². The highest BCUT2D eigenvalue weighted by Crippen LogP contribution is 2.18. The number of benzene rings is 1. The summed E-state index contributed by atoms with van der Waals surface area (Å²) in [6, 6.07) is 7.35. The van der Waals surface area contributed by atoms with Gasteiger partial charge in [0, 0.05) is 44.8 Å². The number of piperazine rings is 1. The highest BCUT2D eigenvalue weighted by Gasteiger charge is 2.21. The molecule has 3 rings (SSSR count). The van der Waals surface area contributed by atoms with Gasteiger partial charge in [0.25, 0.3) is 0 Å². The number of methoxy groups -OCH3 is 1. The lowest BCUT2D eigenvalue weighted by atomic mass is 10.1. The second-order valence-electron chi connectivity index (χ2n) is 5.86. The van der Waals surface area contributed by atoms with Gasteiger partial charge in [-0.2, -0.15) is 0 Å². The van der Waals surface area contributed by atoms with E-state index in [1.165, 1.54) is 7.11 Å². The zero-order valence-corrected chi connectivity index (χ0v) is 14.2. The fraction of sp³-hybridized carbons (Fsp3) is 0.412. The molecule has 0 bridgehead atoms. The number of aryl methyl sites for hydroxylation is 1. The molecule has 8 nitrogen and oxygen atoms in total. The quantitative estimate of drug-likeness (QED) is 0.747. The number of esters is 1. The molecule has 2 aromatic rings. The zero-order valence-electron chi connectivity index (χ0n) is 14.2. The summed E-state index contributed by atoms with van der Waals surface area (Å²) in [4.78, 5) is 27.9. The molecule has 0 N–H and O–H groups in total. The Morgan fingerprint density at radius 1 is 1.04 bits per heavy atom. The monoisotopic (exact) mass is 343 g/mol. The molecule has 0 spiro atoms. The number of carbonyl (C=O) groups excluding carboxylic acids is 2. The van der Waals surface area contributed by atoms with Crippen molar-refractivity contribution in [1.82, 2.24) is 19.7 Å². The summed E-state index contributed by atoms with van der Waals surface area (Å²) in [5.74, 6) is -0.190. The Labute approximate surface area is 146 Å². The first-order valence-electron chi connectivity index (χ1n) is 8.21. The third-order valence-electron chi connectivity index (χ3n) is 4.34. The molecule has 1 aromatic carbocycles. The second-order valence-corrected chi connectivity index (χ2v) is 5.86. The van der Waals surface area contributed by atoms with E-state index in [-0.39, 0.29) is 11.9 Å². The van der Waals surface area contributed by atoms with Gasteiger partial charge in [-0.3, -0.25) is 4.79 Å². The van der Waals surface area contributed by atoms with Crippen molar-refractivity contribution >= 4 is 17.6 Å². The van der Waals surface area contributed by atoms with E-state index in [0.717, 1.165) is 18.8 Å². The van der Waals surface area contributed by atoms with E-state index in [4.69, 9.17) is 4.74 Å². The fourth-order valence-electron chi connectivity index (χ4n) is 2.86. The summed E-state index contributed by atoms with van der Waals surface area (Å²) in [5.41, 5.74) is 1.58. The molecule has 0 radical (unpaired) electrons. The highest BCUT2D eigenvalue weighted by atomic mass is 16.5. The summed E-state index contributed by atoms with van der Waals surface area (Å²) < 4.78 is 6.51. The molecule has 0 saturated carbocycles. The van der Waals surface area contributed by atoms with Crippen LogP contribution in [0.15, 0.2) is 36.9 Å². The number of nitrogens with zero attached hydrogens (tertiary/aromatic N) is 5. The molecule has 1 saturated heterocycles. The molecule has 132 valence electrons. The number of hydrogen-bond acceptors (Lipinski definition) is 6. The van der Waals surface area contributed by atoms with Gasteiger partial charge in [-0.1, -0.05) is 0 Å². The first-order valence-corrected chi connectivity index (χ1v) is 8.21. The summed E-state index contributed by atoms with van der Waals surface area (Å²) in [7, 11) is 1.37. The van der Waals surface area contributed by atoms with Crippen molar-refractivity contribution in [3.63, 3.8) is 0 Å². The number of aromatic nitrogens is 3. The molecule has 1 aliphatic rings. The average molecular weight is 343 g/mol. The fourth-order valence-corrected chi connectivity index (χ4v) is 2.86. The van der Waals surface area contributed by atoms with Crippen molar-refractivity contribution in [2.24, 2.45) is 0 Å². The standard InChI is InChI=1S/C17H21N5O3/c1-25-17(24)14-2-4-15(5-3-14)21-8-10-22(11-9-21)16(23)6-7-20-12-18-19-13-20/h2-5,12-13H,6-11H2,1H3. The first kappa shape index (κ1) is 16.9. The molecule has 0 aliphatic carbocycles. The highest BCUT2D eigenvalue weighted by molar-refractivity contribution is 5.89. The van der Waals surface area contributed by atoms with E-state index < -0.39 is 0 Å². The molecule has 2 heterocycles. The van der Waals surface area contributed by atoms with Gasteiger partial charge in [0.15, 0.2) is 0 Å². The van der Waals surface area contributed by atoms with Crippen LogP contribution in [0.4, 0.5) is 5.69 Å². The van der Waals surface area contributed by atoms with Crippen molar-refractivity contribution in [3.05, 3.63) is 42.5 Å². The van der Waals surface area contributed by atoms with E-state index in [1.807, 2.05) is 17.0 Å². The average Bonchev–Trinajstić information content (AvgIpc) is 3.19. The molecular weight excluding hydrogens is 322 g/mol. The summed E-state index contributed by atoms with van der Waals surface area (Å²) in [6.45, 7) is 3.53. The Bertz CT molecular complexity index is 706. The lowest BCUT2D eigenvalue weighted by molar-refractivity contribution is -0.131. The van der Waals surface area contributed by atoms with Crippen molar-refractivity contribution in [1.29, 1.82) is 0 Å². The SMILES string of the molecule is COC(=O)c1ccc(N2CCN(C(=O)CCn3cnnc3)CC2)cc1. The van der Waals surface area contributed by atoms with Crippen LogP contribution in [-0.4, -0.2) is 64.8 Å². The number of ether oxygens (including phenoxy) is 1. The van der Waals surface area contributed by atoms with Crippen LogP contribution in [0.1, 0.15) is 16.8 Å². The molecule has 1 fully saturated rings. The molecule has 0 unspecified atom stereocenters. The van der Waals surface area contributed by atoms with Gasteiger partial charge in [0.2, 0.25) is 5.91 Å². The van der Waals surface area contributed by atoms with Crippen LogP contribution in [0.5, 0.6) is 0 Å². The van der Waals surface area contributed by atoms with Gasteiger partial charge < -0.3 is 19.1 Å². The maximum absolute atomic E-state index is 12.3. The lowest BCUT2D eigenvalue weighted by Gasteiger charge is -2.36. The van der Waals surface area contributed by atoms with E-state index in [2.05, 4.69) is 15.1 Å². The number of amides is 1. The summed E-state index contributed by atoms with van der Waals surface area (Å²) in [6.07, 6.45) is 3.68. The number of anilines is 1. The number of hydrogen-bond donors (Lipinski definition) is 0.